The lowest BCUT2D eigenvalue weighted by Gasteiger charge is -2.33. The zero-order chi connectivity index (χ0) is 20.3. The third-order valence-electron chi connectivity index (χ3n) is 5.56. The average molecular weight is 534 g/mol. The number of hydrogen-bond donors (Lipinski definition) is 2. The van der Waals surface area contributed by atoms with Gasteiger partial charge in [0.15, 0.2) is 5.96 Å². The number of guanidine groups is 1. The Morgan fingerprint density at radius 1 is 1.30 bits per heavy atom. The molecule has 1 unspecified atom stereocenters. The first-order valence-corrected chi connectivity index (χ1v) is 11.2. The molecule has 2 N–H and O–H groups in total. The summed E-state index contributed by atoms with van der Waals surface area (Å²) >= 11 is 0. The van der Waals surface area contributed by atoms with Crippen molar-refractivity contribution in [2.24, 2.45) is 10.9 Å². The van der Waals surface area contributed by atoms with Gasteiger partial charge in [0.05, 0.1) is 25.6 Å². The van der Waals surface area contributed by atoms with Crippen LogP contribution in [0.2, 0.25) is 0 Å². The minimum atomic E-state index is 0. The van der Waals surface area contributed by atoms with Crippen LogP contribution in [-0.4, -0.2) is 75.5 Å². The monoisotopic (exact) mass is 534 g/mol. The predicted octanol–water partition coefficient (Wildman–Crippen LogP) is 2.90. The Labute approximate surface area is 198 Å². The summed E-state index contributed by atoms with van der Waals surface area (Å²) in [5.74, 6) is 2.46. The normalized spacial score (nSPS) is 21.0. The highest BCUT2D eigenvalue weighted by atomic mass is 127. The largest absolute Gasteiger partial charge is 0.469 e. The van der Waals surface area contributed by atoms with E-state index in [2.05, 4.69) is 29.4 Å². The highest BCUT2D eigenvalue weighted by Crippen LogP contribution is 2.13. The molecule has 1 aromatic rings. The molecule has 1 atom stereocenters. The lowest BCUT2D eigenvalue weighted by Crippen LogP contribution is -2.49. The number of piperidine rings is 1. The Hall–Kier alpha value is -0.840. The molecule has 2 fully saturated rings. The van der Waals surface area contributed by atoms with E-state index in [9.17, 15) is 0 Å². The molecular formula is C22H39IN4O3. The van der Waals surface area contributed by atoms with Gasteiger partial charge in [0.1, 0.15) is 5.76 Å². The van der Waals surface area contributed by atoms with E-state index in [1.165, 1.54) is 0 Å². The number of furan rings is 1. The van der Waals surface area contributed by atoms with Crippen LogP contribution in [0.15, 0.2) is 27.8 Å². The Morgan fingerprint density at radius 3 is 2.80 bits per heavy atom. The maximum atomic E-state index is 5.69. The molecule has 2 saturated heterocycles. The van der Waals surface area contributed by atoms with Crippen LogP contribution in [0, 0.1) is 5.92 Å². The molecule has 1 aromatic heterocycles. The molecule has 172 valence electrons. The van der Waals surface area contributed by atoms with Gasteiger partial charge in [-0.15, -0.1) is 24.0 Å². The summed E-state index contributed by atoms with van der Waals surface area (Å²) < 4.78 is 16.6. The van der Waals surface area contributed by atoms with E-state index in [4.69, 9.17) is 18.9 Å². The number of hydrogen-bond acceptors (Lipinski definition) is 5. The van der Waals surface area contributed by atoms with Crippen LogP contribution in [-0.2, 0) is 15.9 Å². The lowest BCUT2D eigenvalue weighted by molar-refractivity contribution is 0.0532. The second-order valence-electron chi connectivity index (χ2n) is 8.35. The number of rotatable bonds is 10. The van der Waals surface area contributed by atoms with Gasteiger partial charge in [-0.25, -0.2) is 0 Å². The molecule has 30 heavy (non-hydrogen) atoms. The zero-order valence-electron chi connectivity index (χ0n) is 18.5. The molecule has 0 radical (unpaired) electrons. The summed E-state index contributed by atoms with van der Waals surface area (Å²) in [4.78, 5) is 7.35. The van der Waals surface area contributed by atoms with E-state index in [0.29, 0.717) is 18.1 Å². The first-order chi connectivity index (χ1) is 14.2. The van der Waals surface area contributed by atoms with E-state index < -0.39 is 0 Å². The van der Waals surface area contributed by atoms with E-state index in [1.54, 1.807) is 6.26 Å². The van der Waals surface area contributed by atoms with Crippen molar-refractivity contribution < 1.29 is 13.9 Å². The molecule has 7 nitrogen and oxygen atoms in total. The summed E-state index contributed by atoms with van der Waals surface area (Å²) in [5.41, 5.74) is 0. The van der Waals surface area contributed by atoms with Crippen LogP contribution < -0.4 is 10.6 Å². The third-order valence-corrected chi connectivity index (χ3v) is 5.56. The molecule has 3 rings (SSSR count). The van der Waals surface area contributed by atoms with Gasteiger partial charge >= 0.3 is 0 Å². The number of likely N-dealkylation sites (tertiary alicyclic amines) is 1. The fraction of sp³-hybridized carbons (Fsp3) is 0.773. The zero-order valence-corrected chi connectivity index (χ0v) is 20.8. The molecule has 0 bridgehead atoms. The minimum absolute atomic E-state index is 0. The van der Waals surface area contributed by atoms with Crippen molar-refractivity contribution >= 4 is 29.9 Å². The maximum Gasteiger partial charge on any atom is 0.191 e. The number of halogens is 1. The predicted molar refractivity (Wildman–Crippen MR) is 131 cm³/mol. The second kappa shape index (κ2) is 14.3. The lowest BCUT2D eigenvalue weighted by atomic mass is 10.1. The van der Waals surface area contributed by atoms with Gasteiger partial charge in [-0.2, -0.15) is 0 Å². The summed E-state index contributed by atoms with van der Waals surface area (Å²) in [6, 6.07) is 4.41. The molecule has 0 aliphatic carbocycles. The molecule has 0 saturated carbocycles. The highest BCUT2D eigenvalue weighted by Gasteiger charge is 2.21. The summed E-state index contributed by atoms with van der Waals surface area (Å²) in [5, 5.41) is 7.16. The maximum absolute atomic E-state index is 5.69. The first kappa shape index (κ1) is 25.4. The van der Waals surface area contributed by atoms with Crippen LogP contribution in [0.5, 0.6) is 0 Å². The smallest absolute Gasteiger partial charge is 0.191 e. The number of ether oxygens (including phenoxy) is 2. The number of nitrogens with zero attached hydrogens (tertiary/aromatic N) is 2. The number of nitrogens with one attached hydrogen (secondary N) is 2. The Balaban J connectivity index is 0.00000320. The van der Waals surface area contributed by atoms with Crippen molar-refractivity contribution in [3.05, 3.63) is 24.2 Å². The van der Waals surface area contributed by atoms with Gasteiger partial charge in [-0.05, 0) is 45.2 Å². The van der Waals surface area contributed by atoms with Gasteiger partial charge < -0.3 is 29.4 Å². The standard InChI is InChI=1S/C22H38N4O3.HI/c1-18(2)28-15-12-26-10-6-20(7-11-26)25-22(24-16-19-8-14-27-17-19)23-9-5-21-4-3-13-29-21;/h3-4,13,18-20H,5-12,14-17H2,1-2H3,(H2,23,24,25);1H. The fourth-order valence-corrected chi connectivity index (χ4v) is 3.77. The second-order valence-corrected chi connectivity index (χ2v) is 8.35. The fourth-order valence-electron chi connectivity index (χ4n) is 3.77. The molecule has 0 amide bonds. The quantitative estimate of drug-likeness (QED) is 0.274. The summed E-state index contributed by atoms with van der Waals surface area (Å²) in [7, 11) is 0. The molecule has 2 aliphatic heterocycles. The van der Waals surface area contributed by atoms with Crippen LogP contribution in [0.1, 0.15) is 38.9 Å². The van der Waals surface area contributed by atoms with Crippen molar-refractivity contribution in [2.75, 3.05) is 52.5 Å². The van der Waals surface area contributed by atoms with Crippen LogP contribution in [0.3, 0.4) is 0 Å². The van der Waals surface area contributed by atoms with Gasteiger partial charge in [0.2, 0.25) is 0 Å². The molecule has 0 spiro atoms. The summed E-state index contributed by atoms with van der Waals surface area (Å²) in [6.07, 6.45) is 6.27. The van der Waals surface area contributed by atoms with Crippen molar-refractivity contribution in [1.82, 2.24) is 15.5 Å². The van der Waals surface area contributed by atoms with Crippen molar-refractivity contribution in [1.29, 1.82) is 0 Å². The Bertz CT molecular complexity index is 583. The van der Waals surface area contributed by atoms with Gasteiger partial charge in [-0.3, -0.25) is 4.99 Å². The van der Waals surface area contributed by atoms with Gasteiger partial charge in [0, 0.05) is 57.7 Å². The van der Waals surface area contributed by atoms with E-state index in [1.807, 2.05) is 12.1 Å². The SMILES string of the molecule is CC(C)OCCN1CCC(NC(=NCC2CCOC2)NCCc2ccco2)CC1.I. The van der Waals surface area contributed by atoms with Crippen LogP contribution >= 0.6 is 24.0 Å². The third kappa shape index (κ3) is 9.53. The van der Waals surface area contributed by atoms with Crippen LogP contribution in [0.25, 0.3) is 0 Å². The summed E-state index contributed by atoms with van der Waals surface area (Å²) in [6.45, 7) is 11.6. The Kier molecular flexibility index (Phi) is 12.1. The van der Waals surface area contributed by atoms with Gasteiger partial charge in [-0.1, -0.05) is 0 Å². The van der Waals surface area contributed by atoms with Gasteiger partial charge in [0.25, 0.3) is 0 Å². The van der Waals surface area contributed by atoms with Crippen molar-refractivity contribution in [2.45, 2.75) is 51.7 Å². The Morgan fingerprint density at radius 2 is 2.13 bits per heavy atom. The number of aliphatic imine (C=N–C) groups is 1. The molecular weight excluding hydrogens is 495 g/mol. The molecule has 8 heteroatoms. The average Bonchev–Trinajstić information content (AvgIpc) is 3.41. The molecule has 0 aromatic carbocycles. The topological polar surface area (TPSA) is 71.3 Å². The van der Waals surface area contributed by atoms with E-state index in [-0.39, 0.29) is 24.0 Å². The minimum Gasteiger partial charge on any atom is -0.469 e. The van der Waals surface area contributed by atoms with Crippen molar-refractivity contribution in [3.8, 4) is 0 Å². The van der Waals surface area contributed by atoms with Crippen molar-refractivity contribution in [3.63, 3.8) is 0 Å². The van der Waals surface area contributed by atoms with E-state index in [0.717, 1.165) is 89.9 Å². The molecule has 3 heterocycles. The van der Waals surface area contributed by atoms with E-state index >= 15 is 0 Å². The highest BCUT2D eigenvalue weighted by molar-refractivity contribution is 14.0. The first-order valence-electron chi connectivity index (χ1n) is 11.2. The molecule has 2 aliphatic rings. The van der Waals surface area contributed by atoms with Crippen LogP contribution in [0.4, 0.5) is 0 Å².